The van der Waals surface area contributed by atoms with Crippen LogP contribution in [0.15, 0.2) is 358 Å². The van der Waals surface area contributed by atoms with E-state index in [1.54, 1.807) is 96.5 Å². The summed E-state index contributed by atoms with van der Waals surface area (Å²) in [6.07, 6.45) is 1.34. The van der Waals surface area contributed by atoms with Crippen molar-refractivity contribution in [2.24, 2.45) is 17.2 Å². The van der Waals surface area contributed by atoms with E-state index in [1.165, 1.54) is 105 Å². The number of hydrogen-bond acceptors (Lipinski definition) is 20. The number of primary amides is 1. The smallest absolute Gasteiger partial charge is 0.411 e. The van der Waals surface area contributed by atoms with Crippen molar-refractivity contribution in [3.63, 3.8) is 0 Å². The number of methoxy groups -OCH3 is 1. The number of carbonyl (C=O) groups excluding carboxylic acids is 7. The van der Waals surface area contributed by atoms with Gasteiger partial charge in [0.25, 0.3) is 11.8 Å². The number of nitrogens with one attached hydrogen (secondary N) is 5. The number of aliphatic hydroxyl groups excluding tert-OH is 2. The van der Waals surface area contributed by atoms with Crippen LogP contribution in [0.5, 0.6) is 0 Å². The zero-order valence-corrected chi connectivity index (χ0v) is 81.4. The topological polar surface area (TPSA) is 476 Å². The van der Waals surface area contributed by atoms with E-state index in [9.17, 15) is 47.9 Å². The number of aliphatic hydroxyl groups is 2. The molecule has 0 unspecified atom stereocenters. The number of carbonyl (C=O) groups is 10. The van der Waals surface area contributed by atoms with Crippen molar-refractivity contribution >= 4 is 152 Å². The van der Waals surface area contributed by atoms with Gasteiger partial charge in [0.1, 0.15) is 19.8 Å². The van der Waals surface area contributed by atoms with Crippen LogP contribution in [0.1, 0.15) is 154 Å². The van der Waals surface area contributed by atoms with E-state index < -0.39 is 54.0 Å². The molecule has 18 rings (SSSR count). The Balaban J connectivity index is 0.000000157. The molecule has 752 valence electrons. The van der Waals surface area contributed by atoms with Crippen molar-refractivity contribution in [3.8, 4) is 0 Å². The van der Waals surface area contributed by atoms with Crippen LogP contribution in [0.4, 0.5) is 31.4 Å². The second kappa shape index (κ2) is 54.2. The van der Waals surface area contributed by atoms with Crippen LogP contribution >= 0.6 is 0 Å². The number of aromatic carboxylic acids is 3. The van der Waals surface area contributed by atoms with Crippen LogP contribution in [0.3, 0.4) is 0 Å². The van der Waals surface area contributed by atoms with Crippen molar-refractivity contribution in [2.75, 3.05) is 23.1 Å². The predicted molar refractivity (Wildman–Crippen MR) is 573 cm³/mol. The second-order valence-electron chi connectivity index (χ2n) is 33.7. The maximum atomic E-state index is 12.2. The summed E-state index contributed by atoms with van der Waals surface area (Å²) in [5.41, 5.74) is 35.7. The van der Waals surface area contributed by atoms with Gasteiger partial charge in [-0.15, -0.1) is 0 Å². The van der Waals surface area contributed by atoms with Crippen molar-refractivity contribution in [1.82, 2.24) is 11.0 Å². The second-order valence-corrected chi connectivity index (χ2v) is 33.7. The molecule has 0 fully saturated rings. The average molecular weight is 1990 g/mol. The zero-order valence-electron chi connectivity index (χ0n) is 81.4. The van der Waals surface area contributed by atoms with Crippen LogP contribution in [-0.4, -0.2) is 97.7 Å². The lowest BCUT2D eigenvalue weighted by molar-refractivity contribution is 0.0233. The number of aryl methyl sites for hydroxylation is 3. The number of rotatable bonds is 26. The van der Waals surface area contributed by atoms with Gasteiger partial charge >= 0.3 is 42.2 Å². The van der Waals surface area contributed by atoms with Crippen molar-refractivity contribution in [2.45, 2.75) is 92.8 Å². The molecule has 6 amide bonds. The van der Waals surface area contributed by atoms with E-state index in [1.807, 2.05) is 146 Å². The van der Waals surface area contributed by atoms with Crippen LogP contribution < -0.4 is 44.1 Å². The number of benzene rings is 18. The normalized spacial score (nSPS) is 10.5. The quantitative estimate of drug-likeness (QED) is 0.0104. The van der Waals surface area contributed by atoms with Gasteiger partial charge in [-0.3, -0.25) is 40.4 Å². The molecule has 0 heterocycles. The van der Waals surface area contributed by atoms with Gasteiger partial charge in [0.05, 0.1) is 49.2 Å². The molecular weight excluding hydrogens is 1880 g/mol. The van der Waals surface area contributed by atoms with Gasteiger partial charge < -0.3 is 61.7 Å². The Morgan fingerprint density at radius 3 is 0.811 bits per heavy atom. The number of carboxylic acids is 3. The third-order valence-corrected chi connectivity index (χ3v) is 23.4. The lowest BCUT2D eigenvalue weighted by atomic mass is 10.0. The highest BCUT2D eigenvalue weighted by Gasteiger charge is 2.16. The van der Waals surface area contributed by atoms with Crippen molar-refractivity contribution < 1.29 is 102 Å². The number of ether oxygens (including phenoxy) is 4. The molecule has 29 heteroatoms. The molecule has 0 radical (unpaired) electrons. The molecule has 0 aliphatic carbocycles. The molecule has 0 atom stereocenters. The summed E-state index contributed by atoms with van der Waals surface area (Å²) in [5.74, 6) is -4.88. The molecule has 0 aromatic heterocycles. The fourth-order valence-corrected chi connectivity index (χ4v) is 15.2. The van der Waals surface area contributed by atoms with Crippen LogP contribution in [-0.2, 0) is 95.8 Å². The summed E-state index contributed by atoms with van der Waals surface area (Å²) in [7, 11) is 1.32. The van der Waals surface area contributed by atoms with Crippen LogP contribution in [0, 0.1) is 0 Å². The molecule has 29 nitrogen and oxygen atoms in total. The maximum absolute atomic E-state index is 12.2. The zero-order chi connectivity index (χ0) is 106. The van der Waals surface area contributed by atoms with Gasteiger partial charge in [0.2, 0.25) is 5.91 Å². The number of anilines is 3. The number of nitrogens with two attached hydrogens (primary N) is 3. The Morgan fingerprint density at radius 1 is 0.270 bits per heavy atom. The third kappa shape index (κ3) is 32.1. The average Bonchev–Trinajstić information content (AvgIpc) is 0.809. The van der Waals surface area contributed by atoms with Crippen LogP contribution in [0.2, 0.25) is 0 Å². The van der Waals surface area contributed by atoms with Crippen molar-refractivity contribution in [3.05, 3.63) is 458 Å². The number of fused-ring (bicyclic) bond motifs is 7. The van der Waals surface area contributed by atoms with E-state index in [0.717, 1.165) is 101 Å². The lowest BCUT2D eigenvalue weighted by Crippen LogP contribution is -2.23. The highest BCUT2D eigenvalue weighted by atomic mass is 16.7. The van der Waals surface area contributed by atoms with E-state index in [2.05, 4.69) is 114 Å². The Hall–Kier alpha value is -18.4. The van der Waals surface area contributed by atoms with Crippen LogP contribution in [0.25, 0.3) is 75.4 Å². The highest BCUT2D eigenvalue weighted by Crippen LogP contribution is 2.28. The number of hydroxylamine groups is 2. The predicted octanol–water partition coefficient (Wildman–Crippen LogP) is 22.7. The molecule has 17 N–H and O–H groups in total. The van der Waals surface area contributed by atoms with Gasteiger partial charge in [0, 0.05) is 46.8 Å². The Labute approximate surface area is 852 Å². The van der Waals surface area contributed by atoms with E-state index in [4.69, 9.17) is 67.0 Å². The summed E-state index contributed by atoms with van der Waals surface area (Å²) in [5, 5.41) is 75.3. The summed E-state index contributed by atoms with van der Waals surface area (Å²) < 4.78 is 20.5. The van der Waals surface area contributed by atoms with Crippen molar-refractivity contribution in [1.29, 1.82) is 0 Å². The van der Waals surface area contributed by atoms with Gasteiger partial charge in [-0.05, 0) is 320 Å². The molecule has 0 saturated carbocycles. The van der Waals surface area contributed by atoms with Gasteiger partial charge in [0.15, 0.2) is 0 Å². The van der Waals surface area contributed by atoms with E-state index >= 15 is 0 Å². The number of carboxylic acid groups (broad SMARTS) is 3. The number of esters is 1. The fourth-order valence-electron chi connectivity index (χ4n) is 15.2. The maximum Gasteiger partial charge on any atom is 0.411 e. The lowest BCUT2D eigenvalue weighted by Gasteiger charge is -2.09. The number of hydrogen-bond donors (Lipinski definition) is 14. The Kier molecular flexibility index (Phi) is 39.7. The summed E-state index contributed by atoms with van der Waals surface area (Å²) in [4.78, 5) is 119. The fraction of sp³-hybridized carbons (Fsp3) is 0.126. The third-order valence-electron chi connectivity index (χ3n) is 23.4. The standard InChI is InChI=1S/C28H26N2O4.C22H21NO4.C20H19N3O4.C13H14O.C12H9NO3.C12H13NO.C12H8O4/c1-2-20-8-10-25-17-22(9-11-24(25)16-20)18-33-28(32)29-26-14-12-23(13-15-26)27(31)30-34-19-21-6-4-3-5-7-21;1-3-15-4-6-19-13-16(5-7-18(19)12-15)14-27-22(25)23-20-10-8-17(9-11-20)21(24)26-2;21-11-13-1-3-17-10-14(2-4-16(17)9-13)12-27-20(25)22-18-7-5-15(6-8-18)19(24)23-26;1-2-10-3-5-13-8-11(9-14)4-6-12(13)7-10;13-11(14)9-3-1-8-6-10(12(15)16)4-2-7(8)5-9;13-7-9-1-3-12-6-10(8-14)2-4-11(12)5-9;13-11(14)9-3-1-7-5-10(12(15)16)4-2-8(7)6-9/h3-17H,2,18-19H2,1H3,(H,29,32)(H,30,31);4-13H,3,14H2,1-2H3,(H,23,25);1-10,26H,11-12,21H2,(H,22,25)(H,23,24);3-8,14H,2,9H2,1H3;1-6H,(H2,13,14)(H,15,16);1-6,14H,7-8,13H2;1-6H,(H,13,14)(H,15,16). The monoisotopic (exact) mass is 1990 g/mol. The minimum Gasteiger partial charge on any atom is -0.478 e. The molecule has 0 spiro atoms. The molecule has 148 heavy (non-hydrogen) atoms. The van der Waals surface area contributed by atoms with E-state index in [-0.39, 0.29) is 67.8 Å². The van der Waals surface area contributed by atoms with Gasteiger partial charge in [-0.1, -0.05) is 215 Å². The molecular formula is C119H110N8O21. The SMILES string of the molecule is CCc1ccc2cc(CO)ccc2c1.CCc1ccc2cc(COC(=O)Nc3ccc(C(=O)NOCc4ccccc4)cc3)ccc2c1.CCc1ccc2cc(COC(=O)Nc3ccc(C(=O)OC)cc3)ccc2c1.NC(=O)c1ccc2cc(C(=O)O)ccc2c1.NCc1ccc2cc(CO)ccc2c1.NCc1ccc2cc(COC(=O)Nc3ccc(C(=O)NO)cc3)ccc2c1.O=C(O)c1ccc2cc(C(=O)O)ccc2c1. The first-order valence-electron chi connectivity index (χ1n) is 47.0. The first kappa shape index (κ1) is 108. The Morgan fingerprint density at radius 2 is 0.520 bits per heavy atom. The minimum atomic E-state index is -0.996. The molecule has 18 aromatic rings. The molecule has 0 aliphatic heterocycles. The molecule has 18 aromatic carbocycles. The highest BCUT2D eigenvalue weighted by molar-refractivity contribution is 6.02. The minimum absolute atomic E-state index is 0.0918. The first-order chi connectivity index (χ1) is 71.6. The number of amides is 6. The van der Waals surface area contributed by atoms with Gasteiger partial charge in [-0.25, -0.2) is 44.5 Å². The molecule has 0 bridgehead atoms. The molecule has 0 saturated heterocycles. The van der Waals surface area contributed by atoms with E-state index in [0.29, 0.717) is 57.6 Å². The Bertz CT molecular complexity index is 7230. The molecule has 0 aliphatic rings. The summed E-state index contributed by atoms with van der Waals surface area (Å²) in [6.45, 7) is 8.43. The summed E-state index contributed by atoms with van der Waals surface area (Å²) >= 11 is 0. The largest absolute Gasteiger partial charge is 0.478 e. The summed E-state index contributed by atoms with van der Waals surface area (Å²) in [6, 6.07) is 108. The first-order valence-corrected chi connectivity index (χ1v) is 47.0. The van der Waals surface area contributed by atoms with Gasteiger partial charge in [-0.2, -0.15) is 0 Å².